The van der Waals surface area contributed by atoms with Crippen molar-refractivity contribution < 1.29 is 27.5 Å². The quantitative estimate of drug-likeness (QED) is 0.453. The summed E-state index contributed by atoms with van der Waals surface area (Å²) in [5.41, 5.74) is 0.239. The minimum absolute atomic E-state index is 0.0434. The fourth-order valence-corrected chi connectivity index (χ4v) is 2.69. The number of carbonyl (C=O) groups is 2. The summed E-state index contributed by atoms with van der Waals surface area (Å²) in [7, 11) is -1.85. The number of aryl methyl sites for hydroxylation is 1. The predicted molar refractivity (Wildman–Crippen MR) is 101 cm³/mol. The maximum absolute atomic E-state index is 12.2. The number of rotatable bonds is 5. The van der Waals surface area contributed by atoms with Crippen LogP contribution < -0.4 is 19.5 Å². The van der Waals surface area contributed by atoms with E-state index in [1.54, 1.807) is 16.9 Å². The van der Waals surface area contributed by atoms with E-state index in [-0.39, 0.29) is 29.0 Å². The standard InChI is InChI=1S/C16H16N6O6S/c1-10-17-14(20-16(18-10)28-3)19-15(24)22-29(25,26)21-12-7-5-4-6-11(12)8-9-13(23)27-2/h4-7,21H,1-3H3,(H2,17,18,19,20,22,24). The van der Waals surface area contributed by atoms with Crippen LogP contribution in [0.4, 0.5) is 16.4 Å². The molecule has 29 heavy (non-hydrogen) atoms. The number of urea groups is 1. The SMILES string of the molecule is COC(=O)C#Cc1ccccc1NS(=O)(=O)NC(=O)Nc1nc(C)nc(OC)n1. The van der Waals surface area contributed by atoms with E-state index in [0.717, 1.165) is 7.11 Å². The Morgan fingerprint density at radius 3 is 2.52 bits per heavy atom. The molecule has 2 amide bonds. The lowest BCUT2D eigenvalue weighted by molar-refractivity contribution is -0.133. The van der Waals surface area contributed by atoms with Gasteiger partial charge in [-0.1, -0.05) is 18.1 Å². The maximum atomic E-state index is 12.2. The summed E-state index contributed by atoms with van der Waals surface area (Å²) in [4.78, 5) is 34.6. The molecule has 1 heterocycles. The lowest BCUT2D eigenvalue weighted by atomic mass is 10.2. The van der Waals surface area contributed by atoms with Crippen LogP contribution in [-0.2, 0) is 19.7 Å². The highest BCUT2D eigenvalue weighted by Crippen LogP contribution is 2.15. The molecule has 0 saturated carbocycles. The zero-order valence-corrected chi connectivity index (χ0v) is 16.3. The molecule has 3 N–H and O–H groups in total. The Balaban J connectivity index is 2.12. The van der Waals surface area contributed by atoms with Crippen molar-refractivity contribution in [2.45, 2.75) is 6.92 Å². The Morgan fingerprint density at radius 1 is 1.10 bits per heavy atom. The van der Waals surface area contributed by atoms with Gasteiger partial charge in [0, 0.05) is 11.5 Å². The zero-order chi connectivity index (χ0) is 21.4. The van der Waals surface area contributed by atoms with Crippen LogP contribution in [0.5, 0.6) is 6.01 Å². The molecule has 1 aromatic heterocycles. The first kappa shape index (κ1) is 21.4. The number of anilines is 2. The average molecular weight is 420 g/mol. The van der Waals surface area contributed by atoms with Crippen molar-refractivity contribution in [3.05, 3.63) is 35.7 Å². The summed E-state index contributed by atoms with van der Waals surface area (Å²) in [6.07, 6.45) is 0. The number of amides is 2. The van der Waals surface area contributed by atoms with Gasteiger partial charge in [0.25, 0.3) is 0 Å². The van der Waals surface area contributed by atoms with Gasteiger partial charge in [0.1, 0.15) is 5.82 Å². The average Bonchev–Trinajstić information content (AvgIpc) is 2.65. The second-order valence-corrected chi connectivity index (χ2v) is 6.56. The number of esters is 1. The summed E-state index contributed by atoms with van der Waals surface area (Å²) in [6, 6.07) is 4.85. The first-order valence-electron chi connectivity index (χ1n) is 7.79. The maximum Gasteiger partial charge on any atom is 0.384 e. The molecule has 0 bridgehead atoms. The highest BCUT2D eigenvalue weighted by atomic mass is 32.2. The highest BCUT2D eigenvalue weighted by molar-refractivity contribution is 7.91. The van der Waals surface area contributed by atoms with Crippen molar-refractivity contribution in [3.8, 4) is 17.9 Å². The Kier molecular flexibility index (Phi) is 6.88. The largest absolute Gasteiger partial charge is 0.467 e. The fraction of sp³-hybridized carbons (Fsp3) is 0.188. The summed E-state index contributed by atoms with van der Waals surface area (Å²) in [5.74, 6) is 3.93. The molecule has 0 aliphatic heterocycles. The van der Waals surface area contributed by atoms with Gasteiger partial charge in [0.2, 0.25) is 5.95 Å². The smallest absolute Gasteiger partial charge is 0.384 e. The lowest BCUT2D eigenvalue weighted by Gasteiger charge is -2.11. The normalized spacial score (nSPS) is 10.2. The van der Waals surface area contributed by atoms with Crippen LogP contribution >= 0.6 is 0 Å². The molecule has 0 unspecified atom stereocenters. The summed E-state index contributed by atoms with van der Waals surface area (Å²) >= 11 is 0. The number of ether oxygens (including phenoxy) is 2. The molecule has 0 aliphatic rings. The molecule has 0 atom stereocenters. The van der Waals surface area contributed by atoms with Crippen LogP contribution in [0, 0.1) is 18.8 Å². The van der Waals surface area contributed by atoms with Gasteiger partial charge in [0.05, 0.1) is 19.9 Å². The minimum Gasteiger partial charge on any atom is -0.467 e. The fourth-order valence-electron chi connectivity index (χ4n) is 1.87. The molecule has 0 aliphatic carbocycles. The van der Waals surface area contributed by atoms with Crippen molar-refractivity contribution in [3.63, 3.8) is 0 Å². The van der Waals surface area contributed by atoms with E-state index in [4.69, 9.17) is 4.74 Å². The number of hydrogen-bond donors (Lipinski definition) is 3. The van der Waals surface area contributed by atoms with Gasteiger partial charge in [-0.15, -0.1) is 0 Å². The Labute approximate surface area is 166 Å². The number of nitrogens with one attached hydrogen (secondary N) is 3. The van der Waals surface area contributed by atoms with Crippen molar-refractivity contribution in [2.24, 2.45) is 0 Å². The molecule has 152 valence electrons. The van der Waals surface area contributed by atoms with Crippen LogP contribution in [-0.4, -0.2) is 49.6 Å². The van der Waals surface area contributed by atoms with Crippen molar-refractivity contribution in [2.75, 3.05) is 24.3 Å². The minimum atomic E-state index is -4.34. The lowest BCUT2D eigenvalue weighted by Crippen LogP contribution is -2.38. The van der Waals surface area contributed by atoms with Crippen LogP contribution in [0.25, 0.3) is 0 Å². The Hall–Kier alpha value is -3.92. The molecule has 13 heteroatoms. The van der Waals surface area contributed by atoms with E-state index in [9.17, 15) is 18.0 Å². The van der Waals surface area contributed by atoms with Crippen LogP contribution in [0.1, 0.15) is 11.4 Å². The van der Waals surface area contributed by atoms with Gasteiger partial charge in [-0.25, -0.2) is 14.3 Å². The van der Waals surface area contributed by atoms with Gasteiger partial charge in [-0.2, -0.15) is 23.4 Å². The molecule has 0 radical (unpaired) electrons. The number of carbonyl (C=O) groups excluding carboxylic acids is 2. The Bertz CT molecular complexity index is 1090. The predicted octanol–water partition coefficient (Wildman–Crippen LogP) is 0.192. The van der Waals surface area contributed by atoms with Crippen molar-refractivity contribution >= 4 is 33.8 Å². The first-order chi connectivity index (χ1) is 13.7. The molecular formula is C16H16N6O6S. The highest BCUT2D eigenvalue weighted by Gasteiger charge is 2.17. The van der Waals surface area contributed by atoms with E-state index in [2.05, 4.69) is 41.6 Å². The number of nitrogens with zero attached hydrogens (tertiary/aromatic N) is 3. The van der Waals surface area contributed by atoms with Crippen molar-refractivity contribution in [1.82, 2.24) is 19.7 Å². The summed E-state index contributed by atoms with van der Waals surface area (Å²) in [6.45, 7) is 1.54. The van der Waals surface area contributed by atoms with Crippen molar-refractivity contribution in [1.29, 1.82) is 0 Å². The topological polar surface area (TPSA) is 162 Å². The Morgan fingerprint density at radius 2 is 1.83 bits per heavy atom. The molecule has 0 fully saturated rings. The molecule has 2 aromatic rings. The molecule has 2 rings (SSSR count). The van der Waals surface area contributed by atoms with E-state index >= 15 is 0 Å². The van der Waals surface area contributed by atoms with Crippen LogP contribution in [0.3, 0.4) is 0 Å². The molecular weight excluding hydrogens is 404 g/mol. The second kappa shape index (κ2) is 9.33. The van der Waals surface area contributed by atoms with Gasteiger partial charge >= 0.3 is 28.2 Å². The first-order valence-corrected chi connectivity index (χ1v) is 9.28. The van der Waals surface area contributed by atoms with E-state index in [1.165, 1.54) is 26.2 Å². The summed E-state index contributed by atoms with van der Waals surface area (Å²) in [5, 5.41) is 2.16. The van der Waals surface area contributed by atoms with Crippen LogP contribution in [0.2, 0.25) is 0 Å². The third-order valence-corrected chi connectivity index (χ3v) is 3.96. The monoisotopic (exact) mass is 420 g/mol. The summed E-state index contributed by atoms with van der Waals surface area (Å²) < 4.78 is 37.6. The van der Waals surface area contributed by atoms with Gasteiger partial charge in [-0.3, -0.25) is 10.0 Å². The number of aromatic nitrogens is 3. The second-order valence-electron chi connectivity index (χ2n) is 5.14. The van der Waals surface area contributed by atoms with Gasteiger partial charge in [-0.05, 0) is 19.1 Å². The number of para-hydroxylation sites is 1. The number of hydrogen-bond acceptors (Lipinski definition) is 9. The van der Waals surface area contributed by atoms with E-state index in [0.29, 0.717) is 0 Å². The molecule has 12 nitrogen and oxygen atoms in total. The molecule has 0 saturated heterocycles. The van der Waals surface area contributed by atoms with Gasteiger partial charge < -0.3 is 9.47 Å². The van der Waals surface area contributed by atoms with Crippen LogP contribution in [0.15, 0.2) is 24.3 Å². The number of methoxy groups -OCH3 is 2. The van der Waals surface area contributed by atoms with E-state index < -0.39 is 22.2 Å². The van der Waals surface area contributed by atoms with Gasteiger partial charge in [0.15, 0.2) is 0 Å². The third kappa shape index (κ3) is 6.63. The zero-order valence-electron chi connectivity index (χ0n) is 15.5. The number of benzene rings is 1. The third-order valence-electron chi connectivity index (χ3n) is 3.02. The molecule has 1 aromatic carbocycles. The molecule has 0 spiro atoms. The van der Waals surface area contributed by atoms with E-state index in [1.807, 2.05) is 0 Å².